The second-order valence-corrected chi connectivity index (χ2v) is 8.53. The van der Waals surface area contributed by atoms with Crippen LogP contribution in [-0.2, 0) is 0 Å². The molecule has 0 saturated carbocycles. The molecule has 0 spiro atoms. The fourth-order valence-corrected chi connectivity index (χ4v) is 4.59. The van der Waals surface area contributed by atoms with E-state index in [0.29, 0.717) is 54.2 Å². The maximum Gasteiger partial charge on any atom is 0.293 e. The molecule has 11 nitrogen and oxygen atoms in total. The molecule has 2 aliphatic heterocycles. The molecule has 3 aromatic rings. The minimum Gasteiger partial charge on any atom is -0.367 e. The van der Waals surface area contributed by atoms with E-state index in [1.165, 1.54) is 6.33 Å². The number of piperazine rings is 1. The molecule has 4 heterocycles. The molecule has 5 rings (SSSR count). The number of benzene rings is 1. The summed E-state index contributed by atoms with van der Waals surface area (Å²) in [7, 11) is 0. The molecule has 2 saturated heterocycles. The van der Waals surface area contributed by atoms with Gasteiger partial charge in [-0.1, -0.05) is 0 Å². The molecule has 2 aliphatic rings. The Hall–Kier alpha value is -3.86. The van der Waals surface area contributed by atoms with Crippen LogP contribution in [0.15, 0.2) is 43.0 Å². The Kier molecular flexibility index (Phi) is 6.17. The molecule has 34 heavy (non-hydrogen) atoms. The number of anilines is 2. The van der Waals surface area contributed by atoms with Gasteiger partial charge in [0.1, 0.15) is 17.8 Å². The number of rotatable bonds is 5. The van der Waals surface area contributed by atoms with E-state index in [1.807, 2.05) is 9.80 Å². The number of likely N-dealkylation sites (tertiary alicyclic amines) is 1. The number of fused-ring (bicyclic) bond motifs is 1. The highest BCUT2D eigenvalue weighted by molar-refractivity contribution is 5.95. The first-order valence-corrected chi connectivity index (χ1v) is 11.4. The van der Waals surface area contributed by atoms with Crippen LogP contribution in [0.5, 0.6) is 0 Å². The predicted octanol–water partition coefficient (Wildman–Crippen LogP) is 2.06. The number of nitro benzene ring substituents is 1. The van der Waals surface area contributed by atoms with Crippen molar-refractivity contribution in [2.45, 2.75) is 18.9 Å². The molecule has 0 bridgehead atoms. The summed E-state index contributed by atoms with van der Waals surface area (Å²) in [5.74, 6) is 0.562. The minimum absolute atomic E-state index is 0.0184. The fourth-order valence-electron chi connectivity index (χ4n) is 4.59. The summed E-state index contributed by atoms with van der Waals surface area (Å²) in [6, 6.07) is 7.00. The lowest BCUT2D eigenvalue weighted by atomic mass is 10.0. The SMILES string of the molecule is O=C(c1cccnc1)N1CCC(Nc2ncnc3cc(N4CCNCC4)c([N+](=O)[O-])cc23)CC1. The van der Waals surface area contributed by atoms with E-state index in [0.717, 1.165) is 25.9 Å². The largest absolute Gasteiger partial charge is 0.367 e. The van der Waals surface area contributed by atoms with Gasteiger partial charge in [-0.2, -0.15) is 0 Å². The summed E-state index contributed by atoms with van der Waals surface area (Å²) >= 11 is 0. The number of nitrogens with zero attached hydrogens (tertiary/aromatic N) is 6. The zero-order valence-corrected chi connectivity index (χ0v) is 18.7. The lowest BCUT2D eigenvalue weighted by Gasteiger charge is -2.33. The third-order valence-electron chi connectivity index (χ3n) is 6.42. The Morgan fingerprint density at radius 1 is 1.15 bits per heavy atom. The average molecular weight is 463 g/mol. The number of piperidine rings is 1. The van der Waals surface area contributed by atoms with Gasteiger partial charge in [0.2, 0.25) is 0 Å². The highest BCUT2D eigenvalue weighted by Gasteiger charge is 2.26. The molecule has 2 N–H and O–H groups in total. The monoisotopic (exact) mass is 462 g/mol. The van der Waals surface area contributed by atoms with Crippen molar-refractivity contribution in [3.63, 3.8) is 0 Å². The van der Waals surface area contributed by atoms with Crippen molar-refractivity contribution in [2.24, 2.45) is 0 Å². The van der Waals surface area contributed by atoms with Crippen molar-refractivity contribution in [1.82, 2.24) is 25.2 Å². The summed E-state index contributed by atoms with van der Waals surface area (Å²) in [6.45, 7) is 4.21. The van der Waals surface area contributed by atoms with Gasteiger partial charge in [-0.3, -0.25) is 19.9 Å². The van der Waals surface area contributed by atoms with Crippen LogP contribution >= 0.6 is 0 Å². The van der Waals surface area contributed by atoms with Crippen LogP contribution < -0.4 is 15.5 Å². The number of hydrogen-bond donors (Lipinski definition) is 2. The second-order valence-electron chi connectivity index (χ2n) is 8.53. The first-order valence-electron chi connectivity index (χ1n) is 11.4. The minimum atomic E-state index is -0.337. The summed E-state index contributed by atoms with van der Waals surface area (Å²) in [6.07, 6.45) is 6.22. The normalized spacial score (nSPS) is 17.1. The van der Waals surface area contributed by atoms with E-state index in [2.05, 4.69) is 25.6 Å². The Balaban J connectivity index is 1.34. The van der Waals surface area contributed by atoms with Gasteiger partial charge in [0.15, 0.2) is 0 Å². The quantitative estimate of drug-likeness (QED) is 0.432. The van der Waals surface area contributed by atoms with Crippen LogP contribution in [0, 0.1) is 10.1 Å². The van der Waals surface area contributed by atoms with Crippen molar-refractivity contribution in [2.75, 3.05) is 49.5 Å². The highest BCUT2D eigenvalue weighted by atomic mass is 16.6. The average Bonchev–Trinajstić information content (AvgIpc) is 2.89. The predicted molar refractivity (Wildman–Crippen MR) is 128 cm³/mol. The van der Waals surface area contributed by atoms with Gasteiger partial charge in [0, 0.05) is 69.2 Å². The van der Waals surface area contributed by atoms with E-state index in [9.17, 15) is 14.9 Å². The molecule has 11 heteroatoms. The van der Waals surface area contributed by atoms with Crippen LogP contribution in [-0.4, -0.2) is 76.0 Å². The molecule has 0 aliphatic carbocycles. The molecule has 0 atom stereocenters. The van der Waals surface area contributed by atoms with E-state index in [1.54, 1.807) is 36.7 Å². The first-order chi connectivity index (χ1) is 16.6. The second kappa shape index (κ2) is 9.56. The molecular weight excluding hydrogens is 436 g/mol. The first kappa shape index (κ1) is 22.0. The van der Waals surface area contributed by atoms with Gasteiger partial charge in [-0.05, 0) is 31.0 Å². The Labute approximate surface area is 196 Å². The summed E-state index contributed by atoms with van der Waals surface area (Å²) in [4.78, 5) is 40.9. The maximum atomic E-state index is 12.7. The molecule has 176 valence electrons. The fraction of sp³-hybridized carbons (Fsp3) is 0.391. The Morgan fingerprint density at radius 2 is 1.94 bits per heavy atom. The number of nitro groups is 1. The lowest BCUT2D eigenvalue weighted by molar-refractivity contribution is -0.384. The highest BCUT2D eigenvalue weighted by Crippen LogP contribution is 2.35. The summed E-state index contributed by atoms with van der Waals surface area (Å²) in [5.41, 5.74) is 1.90. The summed E-state index contributed by atoms with van der Waals surface area (Å²) in [5, 5.41) is 19.2. The molecule has 1 amide bonds. The third-order valence-corrected chi connectivity index (χ3v) is 6.42. The van der Waals surface area contributed by atoms with E-state index < -0.39 is 0 Å². The number of carbonyl (C=O) groups is 1. The molecular formula is C23H26N8O3. The molecule has 2 fully saturated rings. The van der Waals surface area contributed by atoms with Crippen molar-refractivity contribution >= 4 is 34.0 Å². The number of amides is 1. The number of pyridine rings is 1. The van der Waals surface area contributed by atoms with Gasteiger partial charge in [0.05, 0.1) is 16.0 Å². The van der Waals surface area contributed by atoms with Crippen LogP contribution in [0.25, 0.3) is 10.9 Å². The number of aromatic nitrogens is 3. The molecule has 0 unspecified atom stereocenters. The summed E-state index contributed by atoms with van der Waals surface area (Å²) < 4.78 is 0. The number of nitrogens with one attached hydrogen (secondary N) is 2. The lowest BCUT2D eigenvalue weighted by Crippen LogP contribution is -2.43. The van der Waals surface area contributed by atoms with Crippen molar-refractivity contribution in [1.29, 1.82) is 0 Å². The van der Waals surface area contributed by atoms with Crippen molar-refractivity contribution < 1.29 is 9.72 Å². The zero-order chi connectivity index (χ0) is 23.5. The Morgan fingerprint density at radius 3 is 2.65 bits per heavy atom. The topological polar surface area (TPSA) is 129 Å². The molecule has 2 aromatic heterocycles. The number of hydrogen-bond acceptors (Lipinski definition) is 9. The van der Waals surface area contributed by atoms with Gasteiger partial charge < -0.3 is 20.4 Å². The number of carbonyl (C=O) groups excluding carboxylic acids is 1. The maximum absolute atomic E-state index is 12.7. The van der Waals surface area contributed by atoms with Crippen molar-refractivity contribution in [3.8, 4) is 0 Å². The zero-order valence-electron chi connectivity index (χ0n) is 18.7. The van der Waals surface area contributed by atoms with Crippen LogP contribution in [0.4, 0.5) is 17.2 Å². The third kappa shape index (κ3) is 4.46. The van der Waals surface area contributed by atoms with E-state index in [4.69, 9.17) is 0 Å². The smallest absolute Gasteiger partial charge is 0.293 e. The van der Waals surface area contributed by atoms with Gasteiger partial charge in [-0.15, -0.1) is 0 Å². The van der Waals surface area contributed by atoms with Crippen LogP contribution in [0.1, 0.15) is 23.2 Å². The van der Waals surface area contributed by atoms with Crippen LogP contribution in [0.3, 0.4) is 0 Å². The van der Waals surface area contributed by atoms with E-state index in [-0.39, 0.29) is 22.6 Å². The van der Waals surface area contributed by atoms with Crippen LogP contribution in [0.2, 0.25) is 0 Å². The standard InChI is InChI=1S/C23H26N8O3/c32-23(16-2-1-5-25-14-16)30-8-3-17(4-9-30)28-22-18-12-21(31(33)34)20(13-19(18)26-15-27-22)29-10-6-24-7-11-29/h1-2,5,12-15,17,24H,3-4,6-11H2,(H,26,27,28). The molecule has 1 aromatic carbocycles. The van der Waals surface area contributed by atoms with Gasteiger partial charge in [0.25, 0.3) is 11.6 Å². The van der Waals surface area contributed by atoms with Gasteiger partial charge >= 0.3 is 0 Å². The molecule has 0 radical (unpaired) electrons. The van der Waals surface area contributed by atoms with Crippen molar-refractivity contribution in [3.05, 3.63) is 58.7 Å². The van der Waals surface area contributed by atoms with Gasteiger partial charge in [-0.25, -0.2) is 9.97 Å². The Bertz CT molecular complexity index is 1190. The van der Waals surface area contributed by atoms with E-state index >= 15 is 0 Å².